The van der Waals surface area contributed by atoms with E-state index in [0.717, 1.165) is 35.4 Å². The standard InChI is InChI=1S/C12H13FN2S/c13-11-5-3-9(4-6-11)12-10(2-1-7-16)8-14-15-12/h3-6,8,16H,1-2,7H2,(H,14,15). The van der Waals surface area contributed by atoms with Crippen LogP contribution in [0.3, 0.4) is 0 Å². The monoisotopic (exact) mass is 236 g/mol. The summed E-state index contributed by atoms with van der Waals surface area (Å²) in [4.78, 5) is 0. The Morgan fingerprint density at radius 3 is 2.69 bits per heavy atom. The molecule has 0 spiro atoms. The maximum atomic E-state index is 12.8. The van der Waals surface area contributed by atoms with Crippen LogP contribution >= 0.6 is 12.6 Å². The van der Waals surface area contributed by atoms with Gasteiger partial charge in [0.1, 0.15) is 5.82 Å². The number of halogens is 1. The Morgan fingerprint density at radius 2 is 2.00 bits per heavy atom. The fourth-order valence-electron chi connectivity index (χ4n) is 1.64. The van der Waals surface area contributed by atoms with Crippen LogP contribution in [0.5, 0.6) is 0 Å². The van der Waals surface area contributed by atoms with Gasteiger partial charge in [-0.15, -0.1) is 0 Å². The predicted molar refractivity (Wildman–Crippen MR) is 66.2 cm³/mol. The summed E-state index contributed by atoms with van der Waals surface area (Å²) in [6.45, 7) is 0. The molecule has 4 heteroatoms. The van der Waals surface area contributed by atoms with Crippen molar-refractivity contribution < 1.29 is 4.39 Å². The second-order valence-corrected chi connectivity index (χ2v) is 4.05. The normalized spacial score (nSPS) is 10.6. The Bertz CT molecular complexity index is 450. The lowest BCUT2D eigenvalue weighted by atomic mass is 10.1. The number of H-pyrrole nitrogens is 1. The first-order valence-electron chi connectivity index (χ1n) is 5.20. The first-order valence-corrected chi connectivity index (χ1v) is 5.83. The van der Waals surface area contributed by atoms with Crippen molar-refractivity contribution in [2.45, 2.75) is 12.8 Å². The molecular weight excluding hydrogens is 223 g/mol. The van der Waals surface area contributed by atoms with E-state index >= 15 is 0 Å². The van der Waals surface area contributed by atoms with E-state index in [1.54, 1.807) is 12.1 Å². The van der Waals surface area contributed by atoms with Gasteiger partial charge in [-0.1, -0.05) is 0 Å². The summed E-state index contributed by atoms with van der Waals surface area (Å²) < 4.78 is 12.8. The van der Waals surface area contributed by atoms with Crippen molar-refractivity contribution in [3.05, 3.63) is 41.8 Å². The van der Waals surface area contributed by atoms with Crippen molar-refractivity contribution in [2.24, 2.45) is 0 Å². The van der Waals surface area contributed by atoms with E-state index in [4.69, 9.17) is 0 Å². The third-order valence-electron chi connectivity index (χ3n) is 2.45. The minimum absolute atomic E-state index is 0.222. The summed E-state index contributed by atoms with van der Waals surface area (Å²) in [5.41, 5.74) is 3.09. The highest BCUT2D eigenvalue weighted by atomic mass is 32.1. The topological polar surface area (TPSA) is 28.7 Å². The van der Waals surface area contributed by atoms with Crippen LogP contribution in [0.1, 0.15) is 12.0 Å². The Morgan fingerprint density at radius 1 is 1.25 bits per heavy atom. The molecule has 0 saturated heterocycles. The van der Waals surface area contributed by atoms with Crippen LogP contribution < -0.4 is 0 Å². The number of rotatable bonds is 4. The molecule has 0 atom stereocenters. The summed E-state index contributed by atoms with van der Waals surface area (Å²) in [5, 5.41) is 6.98. The molecule has 1 aromatic heterocycles. The van der Waals surface area contributed by atoms with Crippen LogP contribution in [-0.2, 0) is 6.42 Å². The average Bonchev–Trinajstić information content (AvgIpc) is 2.75. The number of benzene rings is 1. The molecular formula is C12H13FN2S. The van der Waals surface area contributed by atoms with Gasteiger partial charge in [-0.25, -0.2) is 4.39 Å². The third kappa shape index (κ3) is 2.44. The van der Waals surface area contributed by atoms with E-state index in [0.29, 0.717) is 0 Å². The number of aromatic nitrogens is 2. The van der Waals surface area contributed by atoms with Gasteiger partial charge in [-0.3, -0.25) is 5.10 Å². The van der Waals surface area contributed by atoms with Gasteiger partial charge >= 0.3 is 0 Å². The minimum Gasteiger partial charge on any atom is -0.278 e. The van der Waals surface area contributed by atoms with Crippen LogP contribution in [0.15, 0.2) is 30.5 Å². The number of hydrogen-bond donors (Lipinski definition) is 2. The second kappa shape index (κ2) is 5.16. The SMILES string of the molecule is Fc1ccc(-c2[nH]ncc2CCCS)cc1. The number of nitrogens with one attached hydrogen (secondary N) is 1. The van der Waals surface area contributed by atoms with Crippen molar-refractivity contribution in [2.75, 3.05) is 5.75 Å². The van der Waals surface area contributed by atoms with Crippen LogP contribution in [0, 0.1) is 5.82 Å². The molecule has 0 fully saturated rings. The molecule has 0 saturated carbocycles. The zero-order chi connectivity index (χ0) is 11.4. The summed E-state index contributed by atoms with van der Waals surface area (Å²) in [5.74, 6) is 0.633. The number of nitrogens with zero attached hydrogens (tertiary/aromatic N) is 1. The first-order chi connectivity index (χ1) is 7.81. The molecule has 1 N–H and O–H groups in total. The van der Waals surface area contributed by atoms with Gasteiger partial charge in [0.15, 0.2) is 0 Å². The highest BCUT2D eigenvalue weighted by Crippen LogP contribution is 2.22. The number of thiol groups is 1. The summed E-state index contributed by atoms with van der Waals surface area (Å²) >= 11 is 4.19. The van der Waals surface area contributed by atoms with E-state index in [-0.39, 0.29) is 5.82 Å². The second-order valence-electron chi connectivity index (χ2n) is 3.60. The smallest absolute Gasteiger partial charge is 0.123 e. The van der Waals surface area contributed by atoms with E-state index < -0.39 is 0 Å². The van der Waals surface area contributed by atoms with Gasteiger partial charge in [0, 0.05) is 5.56 Å². The fraction of sp³-hybridized carbons (Fsp3) is 0.250. The molecule has 2 aromatic rings. The van der Waals surface area contributed by atoms with E-state index in [1.807, 2.05) is 6.20 Å². The molecule has 0 aliphatic carbocycles. The minimum atomic E-state index is -0.222. The number of aryl methyl sites for hydroxylation is 1. The number of aromatic amines is 1. The highest BCUT2D eigenvalue weighted by Gasteiger charge is 2.06. The third-order valence-corrected chi connectivity index (χ3v) is 2.77. The molecule has 0 bridgehead atoms. The Balaban J connectivity index is 2.26. The molecule has 0 unspecified atom stereocenters. The maximum absolute atomic E-state index is 12.8. The van der Waals surface area contributed by atoms with Crippen LogP contribution in [0.4, 0.5) is 4.39 Å². The van der Waals surface area contributed by atoms with Crippen molar-refractivity contribution >= 4 is 12.6 Å². The lowest BCUT2D eigenvalue weighted by Crippen LogP contribution is -1.88. The largest absolute Gasteiger partial charge is 0.278 e. The van der Waals surface area contributed by atoms with Crippen molar-refractivity contribution in [1.29, 1.82) is 0 Å². The van der Waals surface area contributed by atoms with Crippen molar-refractivity contribution in [3.8, 4) is 11.3 Å². The Kier molecular flexibility index (Phi) is 3.62. The zero-order valence-corrected chi connectivity index (χ0v) is 9.67. The van der Waals surface area contributed by atoms with Gasteiger partial charge < -0.3 is 0 Å². The summed E-state index contributed by atoms with van der Waals surface area (Å²) in [6.07, 6.45) is 3.77. The predicted octanol–water partition coefficient (Wildman–Crippen LogP) is 3.08. The summed E-state index contributed by atoms with van der Waals surface area (Å²) in [7, 11) is 0. The zero-order valence-electron chi connectivity index (χ0n) is 8.78. The van der Waals surface area contributed by atoms with Gasteiger partial charge in [-0.05, 0) is 48.4 Å². The molecule has 84 valence electrons. The van der Waals surface area contributed by atoms with Gasteiger partial charge in [0.2, 0.25) is 0 Å². The quantitative estimate of drug-likeness (QED) is 0.785. The molecule has 0 aliphatic rings. The summed E-state index contributed by atoms with van der Waals surface area (Å²) in [6, 6.07) is 6.43. The lowest BCUT2D eigenvalue weighted by molar-refractivity contribution is 0.628. The van der Waals surface area contributed by atoms with Crippen LogP contribution in [-0.4, -0.2) is 16.0 Å². The van der Waals surface area contributed by atoms with E-state index in [9.17, 15) is 4.39 Å². The molecule has 16 heavy (non-hydrogen) atoms. The highest BCUT2D eigenvalue weighted by molar-refractivity contribution is 7.80. The molecule has 0 aliphatic heterocycles. The van der Waals surface area contributed by atoms with Gasteiger partial charge in [0.05, 0.1) is 11.9 Å². The Labute approximate surface area is 99.3 Å². The first kappa shape index (κ1) is 11.2. The molecule has 1 heterocycles. The van der Waals surface area contributed by atoms with Crippen molar-refractivity contribution in [3.63, 3.8) is 0 Å². The van der Waals surface area contributed by atoms with Gasteiger partial charge in [-0.2, -0.15) is 17.7 Å². The lowest BCUT2D eigenvalue weighted by Gasteiger charge is -2.02. The fourth-order valence-corrected chi connectivity index (χ4v) is 1.79. The van der Waals surface area contributed by atoms with E-state index in [1.165, 1.54) is 12.1 Å². The Hall–Kier alpha value is -1.29. The molecule has 0 radical (unpaired) electrons. The molecule has 1 aromatic carbocycles. The molecule has 2 rings (SSSR count). The van der Waals surface area contributed by atoms with Gasteiger partial charge in [0.25, 0.3) is 0 Å². The molecule has 2 nitrogen and oxygen atoms in total. The van der Waals surface area contributed by atoms with Crippen LogP contribution in [0.2, 0.25) is 0 Å². The number of hydrogen-bond acceptors (Lipinski definition) is 2. The van der Waals surface area contributed by atoms with Crippen molar-refractivity contribution in [1.82, 2.24) is 10.2 Å². The van der Waals surface area contributed by atoms with Crippen LogP contribution in [0.25, 0.3) is 11.3 Å². The maximum Gasteiger partial charge on any atom is 0.123 e. The van der Waals surface area contributed by atoms with E-state index in [2.05, 4.69) is 22.8 Å². The average molecular weight is 236 g/mol. The molecule has 0 amide bonds.